The standard InChI is InChI=1S/C18H23FN2S2/c1-2-3-4-5-6-8-17(18-22-13-7-14-23-18)21-20-16-11-9-15(19)10-12-16/h6,8-12H,2-5,7,13-14H2,1H3/b8-6+,21-20?. The van der Waals surface area contributed by atoms with Gasteiger partial charge in [0.25, 0.3) is 0 Å². The van der Waals surface area contributed by atoms with Gasteiger partial charge in [0, 0.05) is 0 Å². The third-order valence-corrected chi connectivity index (χ3v) is 5.95. The summed E-state index contributed by atoms with van der Waals surface area (Å²) in [6.45, 7) is 2.21. The van der Waals surface area contributed by atoms with Crippen molar-refractivity contribution in [2.45, 2.75) is 39.0 Å². The highest BCUT2D eigenvalue weighted by atomic mass is 32.2. The number of hydrogen-bond donors (Lipinski definition) is 0. The summed E-state index contributed by atoms with van der Waals surface area (Å²) in [6.07, 6.45) is 10.3. The summed E-state index contributed by atoms with van der Waals surface area (Å²) in [6, 6.07) is 6.11. The molecule has 124 valence electrons. The number of nitrogens with zero attached hydrogens (tertiary/aromatic N) is 2. The van der Waals surface area contributed by atoms with E-state index in [-0.39, 0.29) is 5.82 Å². The molecule has 0 amide bonds. The zero-order valence-electron chi connectivity index (χ0n) is 13.5. The van der Waals surface area contributed by atoms with E-state index in [4.69, 9.17) is 0 Å². The highest BCUT2D eigenvalue weighted by molar-refractivity contribution is 8.22. The lowest BCUT2D eigenvalue weighted by atomic mass is 10.2. The zero-order valence-corrected chi connectivity index (χ0v) is 15.1. The fraction of sp³-hybridized carbons (Fsp3) is 0.444. The van der Waals surface area contributed by atoms with Crippen molar-refractivity contribution in [2.24, 2.45) is 10.2 Å². The van der Waals surface area contributed by atoms with Crippen LogP contribution in [0.1, 0.15) is 39.0 Å². The molecule has 0 radical (unpaired) electrons. The SMILES string of the molecule is CCCCC/C=C/C(N=Nc1ccc(F)cc1)=C1SCCCS1. The van der Waals surface area contributed by atoms with Gasteiger partial charge in [0.05, 0.1) is 9.92 Å². The highest BCUT2D eigenvalue weighted by Gasteiger charge is 2.11. The van der Waals surface area contributed by atoms with Gasteiger partial charge in [-0.05, 0) is 61.1 Å². The maximum atomic E-state index is 12.9. The summed E-state index contributed by atoms with van der Waals surface area (Å²) in [5.74, 6) is 2.03. The molecule has 2 nitrogen and oxygen atoms in total. The zero-order chi connectivity index (χ0) is 16.3. The van der Waals surface area contributed by atoms with Gasteiger partial charge in [-0.25, -0.2) is 4.39 Å². The molecule has 1 aliphatic heterocycles. The van der Waals surface area contributed by atoms with Gasteiger partial charge in [0.1, 0.15) is 11.5 Å². The Morgan fingerprint density at radius 1 is 1.17 bits per heavy atom. The lowest BCUT2D eigenvalue weighted by molar-refractivity contribution is 0.628. The van der Waals surface area contributed by atoms with E-state index in [0.717, 1.165) is 23.6 Å². The minimum Gasteiger partial charge on any atom is -0.207 e. The molecular weight excluding hydrogens is 327 g/mol. The van der Waals surface area contributed by atoms with Crippen LogP contribution >= 0.6 is 23.5 Å². The van der Waals surface area contributed by atoms with Gasteiger partial charge in [-0.2, -0.15) is 5.11 Å². The van der Waals surface area contributed by atoms with E-state index in [2.05, 4.69) is 29.3 Å². The fourth-order valence-electron chi connectivity index (χ4n) is 2.05. The Labute approximate surface area is 146 Å². The summed E-state index contributed by atoms with van der Waals surface area (Å²) in [4.78, 5) is 0. The first-order chi connectivity index (χ1) is 11.3. The summed E-state index contributed by atoms with van der Waals surface area (Å²) >= 11 is 3.71. The van der Waals surface area contributed by atoms with Crippen LogP contribution in [-0.2, 0) is 0 Å². The minimum atomic E-state index is -0.253. The van der Waals surface area contributed by atoms with E-state index in [1.165, 1.54) is 42.1 Å². The second-order valence-electron chi connectivity index (χ2n) is 5.30. The molecule has 2 rings (SSSR count). The predicted octanol–water partition coefficient (Wildman–Crippen LogP) is 7.09. The Balaban J connectivity index is 2.08. The van der Waals surface area contributed by atoms with Gasteiger partial charge in [-0.15, -0.1) is 28.6 Å². The molecule has 0 spiro atoms. The van der Waals surface area contributed by atoms with Gasteiger partial charge < -0.3 is 0 Å². The van der Waals surface area contributed by atoms with E-state index in [0.29, 0.717) is 5.69 Å². The van der Waals surface area contributed by atoms with Crippen LogP contribution in [-0.4, -0.2) is 11.5 Å². The van der Waals surface area contributed by atoms with Gasteiger partial charge in [-0.1, -0.05) is 25.8 Å². The molecule has 1 heterocycles. The molecule has 0 unspecified atom stereocenters. The van der Waals surface area contributed by atoms with E-state index in [9.17, 15) is 4.39 Å². The van der Waals surface area contributed by atoms with Crippen molar-refractivity contribution >= 4 is 29.2 Å². The van der Waals surface area contributed by atoms with Crippen molar-refractivity contribution in [3.63, 3.8) is 0 Å². The summed E-state index contributed by atoms with van der Waals surface area (Å²) in [5.41, 5.74) is 1.61. The molecular formula is C18H23FN2S2. The quantitative estimate of drug-likeness (QED) is 0.387. The molecule has 0 atom stereocenters. The molecule has 1 fully saturated rings. The van der Waals surface area contributed by atoms with Crippen molar-refractivity contribution in [3.8, 4) is 0 Å². The van der Waals surface area contributed by atoms with Crippen molar-refractivity contribution in [1.82, 2.24) is 0 Å². The topological polar surface area (TPSA) is 24.7 Å². The van der Waals surface area contributed by atoms with Crippen LogP contribution in [0.2, 0.25) is 0 Å². The lowest BCUT2D eigenvalue weighted by Gasteiger charge is -2.13. The number of hydrogen-bond acceptors (Lipinski definition) is 4. The molecule has 23 heavy (non-hydrogen) atoms. The van der Waals surface area contributed by atoms with Crippen LogP contribution in [0.15, 0.2) is 56.6 Å². The molecule has 1 saturated heterocycles. The second kappa shape index (κ2) is 10.7. The lowest BCUT2D eigenvalue weighted by Crippen LogP contribution is -1.93. The number of allylic oxidation sites excluding steroid dienone is 2. The average molecular weight is 351 g/mol. The Morgan fingerprint density at radius 2 is 1.91 bits per heavy atom. The van der Waals surface area contributed by atoms with Crippen molar-refractivity contribution < 1.29 is 4.39 Å². The first kappa shape index (κ1) is 18.3. The third kappa shape index (κ3) is 6.92. The molecule has 1 aromatic rings. The first-order valence-corrected chi connectivity index (χ1v) is 10.1. The van der Waals surface area contributed by atoms with Crippen LogP contribution in [0.5, 0.6) is 0 Å². The maximum Gasteiger partial charge on any atom is 0.123 e. The number of rotatable bonds is 7. The molecule has 1 aliphatic rings. The number of unbranched alkanes of at least 4 members (excludes halogenated alkanes) is 3. The van der Waals surface area contributed by atoms with Crippen LogP contribution in [0.4, 0.5) is 10.1 Å². The molecule has 1 aromatic carbocycles. The van der Waals surface area contributed by atoms with Gasteiger partial charge in [-0.3, -0.25) is 0 Å². The Kier molecular flexibility index (Phi) is 8.47. The minimum absolute atomic E-state index is 0.253. The van der Waals surface area contributed by atoms with Crippen LogP contribution in [0, 0.1) is 5.82 Å². The monoisotopic (exact) mass is 350 g/mol. The van der Waals surface area contributed by atoms with Crippen LogP contribution in [0.25, 0.3) is 0 Å². The summed E-state index contributed by atoms with van der Waals surface area (Å²) in [5, 5.41) is 8.68. The van der Waals surface area contributed by atoms with Gasteiger partial charge in [0.2, 0.25) is 0 Å². The number of thioether (sulfide) groups is 2. The van der Waals surface area contributed by atoms with Crippen molar-refractivity contribution in [3.05, 3.63) is 52.2 Å². The second-order valence-corrected chi connectivity index (χ2v) is 7.77. The average Bonchev–Trinajstić information content (AvgIpc) is 2.59. The van der Waals surface area contributed by atoms with Crippen molar-refractivity contribution in [1.29, 1.82) is 0 Å². The van der Waals surface area contributed by atoms with Gasteiger partial charge in [0.15, 0.2) is 0 Å². The predicted molar refractivity (Wildman–Crippen MR) is 101 cm³/mol. The molecule has 0 aliphatic carbocycles. The highest BCUT2D eigenvalue weighted by Crippen LogP contribution is 2.38. The summed E-state index contributed by atoms with van der Waals surface area (Å²) in [7, 11) is 0. The largest absolute Gasteiger partial charge is 0.207 e. The number of halogens is 1. The smallest absolute Gasteiger partial charge is 0.123 e. The van der Waals surface area contributed by atoms with E-state index in [1.54, 1.807) is 12.1 Å². The molecule has 0 N–H and O–H groups in total. The number of benzene rings is 1. The first-order valence-electron chi connectivity index (χ1n) is 8.13. The Morgan fingerprint density at radius 3 is 2.61 bits per heavy atom. The van der Waals surface area contributed by atoms with E-state index >= 15 is 0 Å². The molecule has 0 bridgehead atoms. The van der Waals surface area contributed by atoms with Crippen LogP contribution < -0.4 is 0 Å². The summed E-state index contributed by atoms with van der Waals surface area (Å²) < 4.78 is 14.2. The fourth-order valence-corrected chi connectivity index (χ4v) is 4.52. The number of azo groups is 1. The third-order valence-electron chi connectivity index (χ3n) is 3.31. The van der Waals surface area contributed by atoms with Gasteiger partial charge >= 0.3 is 0 Å². The Bertz CT molecular complexity index is 557. The van der Waals surface area contributed by atoms with Crippen LogP contribution in [0.3, 0.4) is 0 Å². The molecule has 0 saturated carbocycles. The Hall–Kier alpha value is -1.07. The molecule has 5 heteroatoms. The normalized spacial score (nSPS) is 15.7. The van der Waals surface area contributed by atoms with E-state index in [1.807, 2.05) is 23.5 Å². The van der Waals surface area contributed by atoms with Crippen molar-refractivity contribution in [2.75, 3.05) is 11.5 Å². The molecule has 0 aromatic heterocycles. The van der Waals surface area contributed by atoms with E-state index < -0.39 is 0 Å². The maximum absolute atomic E-state index is 12.9.